The normalized spacial score (nSPS) is 17.9. The summed E-state index contributed by atoms with van der Waals surface area (Å²) in [6.45, 7) is 0.980. The van der Waals surface area contributed by atoms with E-state index in [0.717, 1.165) is 31.6 Å². The Morgan fingerprint density at radius 3 is 2.88 bits per heavy atom. The first-order valence-electron chi connectivity index (χ1n) is 5.68. The van der Waals surface area contributed by atoms with E-state index in [0.29, 0.717) is 5.02 Å². The highest BCUT2D eigenvalue weighted by atomic mass is 35.5. The molecule has 0 saturated heterocycles. The lowest BCUT2D eigenvalue weighted by Crippen LogP contribution is -2.45. The van der Waals surface area contributed by atoms with Gasteiger partial charge in [-0.15, -0.1) is 0 Å². The van der Waals surface area contributed by atoms with Gasteiger partial charge in [0.2, 0.25) is 0 Å². The zero-order valence-electron chi connectivity index (χ0n) is 9.50. The van der Waals surface area contributed by atoms with E-state index in [2.05, 4.69) is 10.3 Å². The second kappa shape index (κ2) is 5.02. The number of pyridine rings is 1. The van der Waals surface area contributed by atoms with Crippen LogP contribution in [0.15, 0.2) is 18.5 Å². The molecule has 0 aromatic carbocycles. The van der Waals surface area contributed by atoms with E-state index in [4.69, 9.17) is 16.3 Å². The highest BCUT2D eigenvalue weighted by molar-refractivity contribution is 6.30. The summed E-state index contributed by atoms with van der Waals surface area (Å²) in [7, 11) is 1.97. The lowest BCUT2D eigenvalue weighted by molar-refractivity contribution is -0.0141. The molecule has 3 nitrogen and oxygen atoms in total. The van der Waals surface area contributed by atoms with Gasteiger partial charge in [0.25, 0.3) is 0 Å². The summed E-state index contributed by atoms with van der Waals surface area (Å²) in [5.41, 5.74) is 0.00930. The zero-order valence-corrected chi connectivity index (χ0v) is 10.3. The molecule has 4 heteroatoms. The first-order chi connectivity index (χ1) is 7.74. The third kappa shape index (κ3) is 2.66. The fourth-order valence-electron chi connectivity index (χ4n) is 2.03. The smallest absolute Gasteiger partial charge is 0.139 e. The van der Waals surface area contributed by atoms with E-state index in [-0.39, 0.29) is 5.60 Å². The van der Waals surface area contributed by atoms with Gasteiger partial charge in [-0.3, -0.25) is 4.98 Å². The largest absolute Gasteiger partial charge is 0.486 e. The van der Waals surface area contributed by atoms with E-state index < -0.39 is 0 Å². The van der Waals surface area contributed by atoms with Crippen LogP contribution in [-0.2, 0) is 0 Å². The summed E-state index contributed by atoms with van der Waals surface area (Å²) in [5.74, 6) is 0.781. The SMILES string of the molecule is CNCCC1(Oc2cncc(Cl)c2)CCC1. The van der Waals surface area contributed by atoms with Crippen molar-refractivity contribution in [3.63, 3.8) is 0 Å². The van der Waals surface area contributed by atoms with Crippen molar-refractivity contribution in [1.29, 1.82) is 0 Å². The third-order valence-electron chi connectivity index (χ3n) is 3.11. The zero-order chi connectivity index (χ0) is 11.4. The minimum Gasteiger partial charge on any atom is -0.486 e. The number of halogens is 1. The Bertz CT molecular complexity index is 353. The second-order valence-corrected chi connectivity index (χ2v) is 4.77. The van der Waals surface area contributed by atoms with E-state index in [1.807, 2.05) is 13.1 Å². The number of ether oxygens (including phenoxy) is 1. The molecule has 0 radical (unpaired) electrons. The van der Waals surface area contributed by atoms with E-state index in [9.17, 15) is 0 Å². The van der Waals surface area contributed by atoms with Gasteiger partial charge in [-0.1, -0.05) is 11.6 Å². The highest BCUT2D eigenvalue weighted by Gasteiger charge is 2.38. The van der Waals surface area contributed by atoms with E-state index in [1.165, 1.54) is 6.42 Å². The first-order valence-corrected chi connectivity index (χ1v) is 6.06. The molecule has 0 aliphatic heterocycles. The molecule has 0 atom stereocenters. The van der Waals surface area contributed by atoms with Crippen LogP contribution < -0.4 is 10.1 Å². The van der Waals surface area contributed by atoms with Gasteiger partial charge < -0.3 is 10.1 Å². The molecule has 0 spiro atoms. The van der Waals surface area contributed by atoms with Crippen molar-refractivity contribution < 1.29 is 4.74 Å². The Morgan fingerprint density at radius 1 is 1.50 bits per heavy atom. The van der Waals surface area contributed by atoms with Crippen molar-refractivity contribution in [2.24, 2.45) is 0 Å². The van der Waals surface area contributed by atoms with Gasteiger partial charge >= 0.3 is 0 Å². The van der Waals surface area contributed by atoms with Crippen LogP contribution in [0.25, 0.3) is 0 Å². The van der Waals surface area contributed by atoms with Gasteiger partial charge in [0, 0.05) is 12.3 Å². The lowest BCUT2D eigenvalue weighted by Gasteiger charge is -2.42. The molecule has 1 saturated carbocycles. The predicted molar refractivity (Wildman–Crippen MR) is 65.0 cm³/mol. The van der Waals surface area contributed by atoms with Crippen LogP contribution in [0.2, 0.25) is 5.02 Å². The van der Waals surface area contributed by atoms with Gasteiger partial charge in [0.1, 0.15) is 11.4 Å². The van der Waals surface area contributed by atoms with Crippen LogP contribution in [0.1, 0.15) is 25.7 Å². The Labute approximate surface area is 101 Å². The predicted octanol–water partition coefficient (Wildman–Crippen LogP) is 2.65. The minimum absolute atomic E-state index is 0.00930. The third-order valence-corrected chi connectivity index (χ3v) is 3.32. The molecule has 1 heterocycles. The topological polar surface area (TPSA) is 34.1 Å². The average molecular weight is 241 g/mol. The van der Waals surface area contributed by atoms with Crippen LogP contribution in [0, 0.1) is 0 Å². The quantitative estimate of drug-likeness (QED) is 0.859. The Kier molecular flexibility index (Phi) is 3.66. The number of hydrogen-bond acceptors (Lipinski definition) is 3. The molecule has 1 aromatic heterocycles. The molecule has 16 heavy (non-hydrogen) atoms. The maximum atomic E-state index is 6.03. The molecular formula is C12H17ClN2O. The van der Waals surface area contributed by atoms with E-state index >= 15 is 0 Å². The molecule has 1 aliphatic carbocycles. The van der Waals surface area contributed by atoms with Crippen molar-refractivity contribution in [2.45, 2.75) is 31.3 Å². The molecular weight excluding hydrogens is 224 g/mol. The molecule has 1 aliphatic rings. The summed E-state index contributed by atoms with van der Waals surface area (Å²) >= 11 is 5.88. The summed E-state index contributed by atoms with van der Waals surface area (Å²) in [4.78, 5) is 4.03. The van der Waals surface area contributed by atoms with Crippen LogP contribution in [0.4, 0.5) is 0 Å². The van der Waals surface area contributed by atoms with Crippen molar-refractivity contribution >= 4 is 11.6 Å². The van der Waals surface area contributed by atoms with Crippen LogP contribution in [-0.4, -0.2) is 24.2 Å². The number of hydrogen-bond donors (Lipinski definition) is 1. The summed E-state index contributed by atoms with van der Waals surface area (Å²) in [6, 6.07) is 1.83. The summed E-state index contributed by atoms with van der Waals surface area (Å²) < 4.78 is 6.03. The van der Waals surface area contributed by atoms with Gasteiger partial charge in [-0.05, 0) is 39.3 Å². The van der Waals surface area contributed by atoms with Crippen molar-refractivity contribution in [3.8, 4) is 5.75 Å². The van der Waals surface area contributed by atoms with Crippen LogP contribution in [0.3, 0.4) is 0 Å². The van der Waals surface area contributed by atoms with Gasteiger partial charge in [-0.2, -0.15) is 0 Å². The first kappa shape index (κ1) is 11.7. The second-order valence-electron chi connectivity index (χ2n) is 4.33. The van der Waals surface area contributed by atoms with Crippen molar-refractivity contribution in [3.05, 3.63) is 23.5 Å². The Hall–Kier alpha value is -0.800. The van der Waals surface area contributed by atoms with Gasteiger partial charge in [-0.25, -0.2) is 0 Å². The van der Waals surface area contributed by atoms with Gasteiger partial charge in [0.15, 0.2) is 0 Å². The fraction of sp³-hybridized carbons (Fsp3) is 0.583. The molecule has 0 amide bonds. The number of rotatable bonds is 5. The highest BCUT2D eigenvalue weighted by Crippen LogP contribution is 2.39. The van der Waals surface area contributed by atoms with Crippen molar-refractivity contribution in [1.82, 2.24) is 10.3 Å². The average Bonchev–Trinajstić information content (AvgIpc) is 2.22. The summed E-state index contributed by atoms with van der Waals surface area (Å²) in [5, 5.41) is 3.79. The summed E-state index contributed by atoms with van der Waals surface area (Å²) in [6.07, 6.45) is 7.89. The Balaban J connectivity index is 2.01. The number of aromatic nitrogens is 1. The van der Waals surface area contributed by atoms with E-state index in [1.54, 1.807) is 12.4 Å². The molecule has 1 fully saturated rings. The van der Waals surface area contributed by atoms with Crippen molar-refractivity contribution in [2.75, 3.05) is 13.6 Å². The van der Waals surface area contributed by atoms with Crippen LogP contribution in [0.5, 0.6) is 5.75 Å². The molecule has 2 rings (SSSR count). The Morgan fingerprint density at radius 2 is 2.31 bits per heavy atom. The molecule has 1 N–H and O–H groups in total. The monoisotopic (exact) mass is 240 g/mol. The van der Waals surface area contributed by atoms with Crippen LogP contribution >= 0.6 is 11.6 Å². The van der Waals surface area contributed by atoms with Gasteiger partial charge in [0.05, 0.1) is 11.2 Å². The number of nitrogens with zero attached hydrogens (tertiary/aromatic N) is 1. The number of nitrogens with one attached hydrogen (secondary N) is 1. The standard InChI is InChI=1S/C12H17ClN2O/c1-14-6-5-12(3-2-4-12)16-11-7-10(13)8-15-9-11/h7-9,14H,2-6H2,1H3. The molecule has 1 aromatic rings. The maximum Gasteiger partial charge on any atom is 0.139 e. The molecule has 0 bridgehead atoms. The molecule has 0 unspecified atom stereocenters. The maximum absolute atomic E-state index is 6.03. The molecule has 88 valence electrons. The lowest BCUT2D eigenvalue weighted by atomic mass is 9.77. The fourth-order valence-corrected chi connectivity index (χ4v) is 2.19. The minimum atomic E-state index is 0.00930.